The largest absolute Gasteiger partial charge is 0.303 e. The number of fused-ring (bicyclic) bond motifs is 3. The summed E-state index contributed by atoms with van der Waals surface area (Å²) >= 11 is 2.09. The van der Waals surface area contributed by atoms with Crippen molar-refractivity contribution in [1.82, 2.24) is 0 Å². The third-order valence-electron chi connectivity index (χ3n) is 3.77. The lowest BCUT2D eigenvalue weighted by atomic mass is 9.93. The number of rotatable bonds is 3. The van der Waals surface area contributed by atoms with E-state index in [0.717, 1.165) is 11.3 Å². The monoisotopic (exact) mass is 413 g/mol. The number of halogens is 1. The van der Waals surface area contributed by atoms with Crippen molar-refractivity contribution in [2.45, 2.75) is 6.54 Å². The summed E-state index contributed by atoms with van der Waals surface area (Å²) < 4.78 is 0.676. The Morgan fingerprint density at radius 1 is 1.04 bits per heavy atom. The van der Waals surface area contributed by atoms with Crippen molar-refractivity contribution in [3.63, 3.8) is 0 Å². The van der Waals surface area contributed by atoms with Crippen LogP contribution in [-0.2, 0) is 11.3 Å². The summed E-state index contributed by atoms with van der Waals surface area (Å²) in [5, 5.41) is 0. The van der Waals surface area contributed by atoms with Crippen molar-refractivity contribution >= 4 is 34.2 Å². The van der Waals surface area contributed by atoms with Crippen LogP contribution >= 0.6 is 22.6 Å². The van der Waals surface area contributed by atoms with Gasteiger partial charge < -0.3 is 4.90 Å². The zero-order chi connectivity index (χ0) is 16.2. The number of para-hydroxylation sites is 1. The number of carbonyl (C=O) groups excluding carboxylic acids is 1. The van der Waals surface area contributed by atoms with Crippen molar-refractivity contribution in [2.75, 3.05) is 4.90 Å². The van der Waals surface area contributed by atoms with Gasteiger partial charge in [0.25, 0.3) is 5.91 Å². The van der Waals surface area contributed by atoms with E-state index in [-0.39, 0.29) is 5.91 Å². The van der Waals surface area contributed by atoms with E-state index in [1.54, 1.807) is 6.08 Å². The van der Waals surface area contributed by atoms with Crippen LogP contribution in [0.1, 0.15) is 5.56 Å². The smallest absolute Gasteiger partial charge is 0.264 e. The summed E-state index contributed by atoms with van der Waals surface area (Å²) in [5.74, 6) is 0.0151. The van der Waals surface area contributed by atoms with Crippen LogP contribution in [0.5, 0.6) is 0 Å². The predicted molar refractivity (Wildman–Crippen MR) is 105 cm³/mol. The summed E-state index contributed by atoms with van der Waals surface area (Å²) in [6.45, 7) is 4.23. The molecule has 114 valence electrons. The first-order chi connectivity index (χ1) is 11.2. The first-order valence-corrected chi connectivity index (χ1v) is 8.44. The van der Waals surface area contributed by atoms with Crippen LogP contribution in [0, 0.1) is 0 Å². The Kier molecular flexibility index (Phi) is 4.76. The number of hydrogen-bond donors (Lipinski definition) is 0. The molecule has 0 atom stereocenters. The summed E-state index contributed by atoms with van der Waals surface area (Å²) in [6.07, 6.45) is 7.15. The van der Waals surface area contributed by atoms with Crippen LogP contribution in [0.25, 0.3) is 11.1 Å². The van der Waals surface area contributed by atoms with Gasteiger partial charge in [0.15, 0.2) is 0 Å². The normalized spacial score (nSPS) is 13.6. The number of amides is 1. The van der Waals surface area contributed by atoms with Crippen molar-refractivity contribution in [1.29, 1.82) is 0 Å². The van der Waals surface area contributed by atoms with E-state index in [1.807, 2.05) is 53.5 Å². The van der Waals surface area contributed by atoms with Crippen LogP contribution < -0.4 is 4.90 Å². The van der Waals surface area contributed by atoms with Crippen molar-refractivity contribution in [3.05, 3.63) is 88.6 Å². The molecule has 2 aromatic carbocycles. The van der Waals surface area contributed by atoms with Gasteiger partial charge >= 0.3 is 0 Å². The minimum absolute atomic E-state index is 0.0151. The molecule has 1 aliphatic heterocycles. The van der Waals surface area contributed by atoms with E-state index in [0.29, 0.717) is 10.1 Å². The minimum atomic E-state index is 0.0151. The molecule has 0 saturated carbocycles. The third kappa shape index (κ3) is 3.15. The lowest BCUT2D eigenvalue weighted by Gasteiger charge is -2.31. The van der Waals surface area contributed by atoms with Gasteiger partial charge in [-0.2, -0.15) is 0 Å². The highest BCUT2D eigenvalue weighted by molar-refractivity contribution is 14.1. The second-order valence-corrected chi connectivity index (χ2v) is 6.36. The third-order valence-corrected chi connectivity index (χ3v) is 4.59. The highest BCUT2D eigenvalue weighted by atomic mass is 127. The fourth-order valence-corrected chi connectivity index (χ4v) is 3.21. The lowest BCUT2D eigenvalue weighted by molar-refractivity contribution is -0.114. The molecule has 1 heterocycles. The number of nitrogens with zero attached hydrogens (tertiary/aromatic N) is 1. The van der Waals surface area contributed by atoms with Gasteiger partial charge in [0.1, 0.15) is 0 Å². The van der Waals surface area contributed by atoms with Gasteiger partial charge in [0.05, 0.1) is 15.8 Å². The van der Waals surface area contributed by atoms with E-state index in [1.165, 1.54) is 11.1 Å². The molecule has 0 N–H and O–H groups in total. The van der Waals surface area contributed by atoms with Gasteiger partial charge in [0, 0.05) is 5.56 Å². The SMILES string of the molecule is C=C/C=C\C=C(/I)C(=O)N1Cc2ccccc2-c2ccccc21. The van der Waals surface area contributed by atoms with Crippen LogP contribution in [-0.4, -0.2) is 5.91 Å². The highest BCUT2D eigenvalue weighted by Crippen LogP contribution is 2.39. The van der Waals surface area contributed by atoms with Crippen LogP contribution in [0.2, 0.25) is 0 Å². The molecule has 0 unspecified atom stereocenters. The van der Waals surface area contributed by atoms with Gasteiger partial charge in [-0.1, -0.05) is 67.3 Å². The summed E-state index contributed by atoms with van der Waals surface area (Å²) in [7, 11) is 0. The molecule has 0 bridgehead atoms. The van der Waals surface area contributed by atoms with Gasteiger partial charge in [-0.15, -0.1) is 0 Å². The molecule has 2 aromatic rings. The molecule has 3 heteroatoms. The molecule has 0 fully saturated rings. The van der Waals surface area contributed by atoms with Crippen molar-refractivity contribution in [2.24, 2.45) is 0 Å². The van der Waals surface area contributed by atoms with E-state index in [4.69, 9.17) is 0 Å². The molecule has 0 aromatic heterocycles. The second-order valence-electron chi connectivity index (χ2n) is 5.20. The quantitative estimate of drug-likeness (QED) is 0.382. The molecule has 1 aliphatic rings. The van der Waals surface area contributed by atoms with Gasteiger partial charge in [-0.3, -0.25) is 4.79 Å². The first-order valence-electron chi connectivity index (χ1n) is 7.36. The highest BCUT2D eigenvalue weighted by Gasteiger charge is 2.26. The molecule has 0 aliphatic carbocycles. The molecule has 0 saturated heterocycles. The van der Waals surface area contributed by atoms with E-state index in [9.17, 15) is 4.79 Å². The Morgan fingerprint density at radius 3 is 2.52 bits per heavy atom. The Bertz CT molecular complexity index is 820. The Morgan fingerprint density at radius 2 is 1.74 bits per heavy atom. The Balaban J connectivity index is 2.02. The maximum Gasteiger partial charge on any atom is 0.264 e. The second kappa shape index (κ2) is 6.96. The molecular formula is C20H16INO. The average molecular weight is 413 g/mol. The molecule has 0 radical (unpaired) electrons. The maximum absolute atomic E-state index is 12.9. The van der Waals surface area contributed by atoms with Gasteiger partial charge in [-0.05, 0) is 45.9 Å². The lowest BCUT2D eigenvalue weighted by Crippen LogP contribution is -2.33. The fourth-order valence-electron chi connectivity index (χ4n) is 2.71. The average Bonchev–Trinajstić information content (AvgIpc) is 2.60. The number of benzene rings is 2. The van der Waals surface area contributed by atoms with E-state index in [2.05, 4.69) is 47.4 Å². The summed E-state index contributed by atoms with van der Waals surface area (Å²) in [5.41, 5.74) is 4.45. The standard InChI is InChI=1S/C20H16INO/c1-2-3-4-12-18(21)20(23)22-14-15-9-5-6-10-16(15)17-11-7-8-13-19(17)22/h2-13H,1,14H2/b4-3-,18-12-. The maximum atomic E-state index is 12.9. The minimum Gasteiger partial charge on any atom is -0.303 e. The zero-order valence-corrected chi connectivity index (χ0v) is 14.7. The Labute approximate surface area is 150 Å². The predicted octanol–water partition coefficient (Wildman–Crippen LogP) is 5.26. The summed E-state index contributed by atoms with van der Waals surface area (Å²) in [4.78, 5) is 14.7. The van der Waals surface area contributed by atoms with Crippen LogP contribution in [0.15, 0.2) is 83.0 Å². The van der Waals surface area contributed by atoms with Crippen molar-refractivity contribution in [3.8, 4) is 11.1 Å². The number of allylic oxidation sites excluding steroid dienone is 4. The molecule has 1 amide bonds. The molecule has 0 spiro atoms. The van der Waals surface area contributed by atoms with Gasteiger partial charge in [-0.25, -0.2) is 0 Å². The zero-order valence-electron chi connectivity index (χ0n) is 12.6. The fraction of sp³-hybridized carbons (Fsp3) is 0.0500. The number of hydrogen-bond acceptors (Lipinski definition) is 1. The molecule has 23 heavy (non-hydrogen) atoms. The number of anilines is 1. The van der Waals surface area contributed by atoms with E-state index < -0.39 is 0 Å². The number of carbonyl (C=O) groups is 1. The first kappa shape index (κ1) is 15.7. The molecule has 3 rings (SSSR count). The van der Waals surface area contributed by atoms with Crippen LogP contribution in [0.3, 0.4) is 0 Å². The topological polar surface area (TPSA) is 20.3 Å². The van der Waals surface area contributed by atoms with E-state index >= 15 is 0 Å². The molecular weight excluding hydrogens is 397 g/mol. The van der Waals surface area contributed by atoms with Gasteiger partial charge in [0.2, 0.25) is 0 Å². The van der Waals surface area contributed by atoms with Crippen molar-refractivity contribution < 1.29 is 4.79 Å². The molecule has 2 nitrogen and oxygen atoms in total. The summed E-state index contributed by atoms with van der Waals surface area (Å²) in [6, 6.07) is 16.3. The van der Waals surface area contributed by atoms with Crippen LogP contribution in [0.4, 0.5) is 5.69 Å². The Hall–Kier alpha value is -2.14.